The fourth-order valence-corrected chi connectivity index (χ4v) is 3.48. The third kappa shape index (κ3) is 1.29. The number of aromatic nitrogens is 2. The molecule has 0 saturated heterocycles. The second-order valence-corrected chi connectivity index (χ2v) is 5.36. The Hall–Kier alpha value is -0.740. The maximum absolute atomic E-state index is 4.41. The van der Waals surface area contributed by atoms with Gasteiger partial charge in [0.1, 0.15) is 5.69 Å². The summed E-state index contributed by atoms with van der Waals surface area (Å²) in [5.74, 6) is 2.33. The van der Waals surface area contributed by atoms with Crippen LogP contribution < -0.4 is 0 Å². The van der Waals surface area contributed by atoms with Crippen molar-refractivity contribution in [2.75, 3.05) is 5.75 Å². The molecule has 0 saturated carbocycles. The van der Waals surface area contributed by atoms with Gasteiger partial charge in [-0.2, -0.15) is 16.9 Å². The summed E-state index contributed by atoms with van der Waals surface area (Å²) in [6.45, 7) is 0. The van der Waals surface area contributed by atoms with Crippen molar-refractivity contribution in [3.8, 4) is 10.6 Å². The number of thiophene rings is 1. The lowest BCUT2D eigenvalue weighted by Gasteiger charge is -2.10. The molecular weight excluding hydrogens is 212 g/mol. The summed E-state index contributed by atoms with van der Waals surface area (Å²) >= 11 is 3.76. The average Bonchev–Trinajstić information content (AvgIpc) is 2.85. The number of rotatable bonds is 1. The molecule has 0 spiro atoms. The summed E-state index contributed by atoms with van der Waals surface area (Å²) in [7, 11) is 0. The van der Waals surface area contributed by atoms with Crippen molar-refractivity contribution in [1.29, 1.82) is 0 Å². The van der Waals surface area contributed by atoms with Gasteiger partial charge in [0.15, 0.2) is 0 Å². The first-order chi connectivity index (χ1) is 6.95. The van der Waals surface area contributed by atoms with Gasteiger partial charge < -0.3 is 0 Å². The summed E-state index contributed by atoms with van der Waals surface area (Å²) in [6.07, 6.45) is 1.14. The van der Waals surface area contributed by atoms with Gasteiger partial charge in [-0.05, 0) is 23.6 Å². The van der Waals surface area contributed by atoms with Crippen LogP contribution in [0.2, 0.25) is 0 Å². The molecule has 3 rings (SSSR count). The zero-order chi connectivity index (χ0) is 9.38. The van der Waals surface area contributed by atoms with Gasteiger partial charge in [-0.1, -0.05) is 6.07 Å². The van der Waals surface area contributed by atoms with Crippen LogP contribution in [0.3, 0.4) is 0 Å². The van der Waals surface area contributed by atoms with Gasteiger partial charge >= 0.3 is 0 Å². The highest BCUT2D eigenvalue weighted by Gasteiger charge is 2.18. The van der Waals surface area contributed by atoms with Gasteiger partial charge in [0.2, 0.25) is 0 Å². The highest BCUT2D eigenvalue weighted by molar-refractivity contribution is 7.98. The number of aryl methyl sites for hydroxylation is 1. The Balaban J connectivity index is 2.11. The number of H-pyrrole nitrogens is 1. The quantitative estimate of drug-likeness (QED) is 0.803. The van der Waals surface area contributed by atoms with Crippen molar-refractivity contribution in [1.82, 2.24) is 10.2 Å². The van der Waals surface area contributed by atoms with Crippen molar-refractivity contribution in [2.24, 2.45) is 0 Å². The largest absolute Gasteiger partial charge is 0.282 e. The molecule has 2 aromatic heterocycles. The van der Waals surface area contributed by atoms with E-state index in [1.165, 1.54) is 27.6 Å². The van der Waals surface area contributed by atoms with Crippen LogP contribution in [0.5, 0.6) is 0 Å². The average molecular weight is 222 g/mol. The second-order valence-electron chi connectivity index (χ2n) is 3.31. The van der Waals surface area contributed by atoms with Crippen LogP contribution in [-0.4, -0.2) is 16.0 Å². The van der Waals surface area contributed by atoms with E-state index in [9.17, 15) is 0 Å². The van der Waals surface area contributed by atoms with Crippen molar-refractivity contribution in [2.45, 2.75) is 12.2 Å². The minimum Gasteiger partial charge on any atom is -0.282 e. The topological polar surface area (TPSA) is 28.7 Å². The van der Waals surface area contributed by atoms with E-state index in [0.29, 0.717) is 0 Å². The molecule has 0 fully saturated rings. The molecule has 0 aliphatic carbocycles. The van der Waals surface area contributed by atoms with E-state index in [1.54, 1.807) is 11.3 Å². The van der Waals surface area contributed by atoms with Crippen molar-refractivity contribution >= 4 is 23.1 Å². The highest BCUT2D eigenvalue weighted by Crippen LogP contribution is 2.33. The number of hydrogen-bond acceptors (Lipinski definition) is 3. The molecule has 0 atom stereocenters. The van der Waals surface area contributed by atoms with Crippen LogP contribution in [-0.2, 0) is 12.2 Å². The molecule has 0 amide bonds. The van der Waals surface area contributed by atoms with E-state index in [4.69, 9.17) is 0 Å². The number of hydrogen-bond donors (Lipinski definition) is 1. The molecular formula is C10H10N2S2. The Bertz CT molecular complexity index is 431. The van der Waals surface area contributed by atoms with Gasteiger partial charge in [-0.15, -0.1) is 11.3 Å². The summed E-state index contributed by atoms with van der Waals surface area (Å²) in [5, 5.41) is 9.67. The van der Waals surface area contributed by atoms with Gasteiger partial charge in [-0.3, -0.25) is 5.10 Å². The second kappa shape index (κ2) is 3.44. The smallest absolute Gasteiger partial charge is 0.106 e. The Morgan fingerprint density at radius 3 is 3.29 bits per heavy atom. The molecule has 3 heterocycles. The first kappa shape index (κ1) is 8.56. The lowest BCUT2D eigenvalue weighted by atomic mass is 10.1. The van der Waals surface area contributed by atoms with E-state index >= 15 is 0 Å². The Kier molecular flexibility index (Phi) is 2.10. The number of nitrogens with zero attached hydrogens (tertiary/aromatic N) is 1. The monoisotopic (exact) mass is 222 g/mol. The third-order valence-corrected chi connectivity index (χ3v) is 4.31. The predicted molar refractivity (Wildman–Crippen MR) is 61.8 cm³/mol. The molecule has 0 unspecified atom stereocenters. The molecule has 2 nitrogen and oxygen atoms in total. The lowest BCUT2D eigenvalue weighted by Crippen LogP contribution is -2.00. The maximum Gasteiger partial charge on any atom is 0.106 e. The fourth-order valence-electron chi connectivity index (χ4n) is 1.73. The van der Waals surface area contributed by atoms with Crippen molar-refractivity contribution in [3.05, 3.63) is 28.8 Å². The normalized spacial score (nSPS) is 15.4. The van der Waals surface area contributed by atoms with Crippen LogP contribution in [0, 0.1) is 0 Å². The first-order valence-electron chi connectivity index (χ1n) is 4.63. The summed E-state index contributed by atoms with van der Waals surface area (Å²) < 4.78 is 0. The van der Waals surface area contributed by atoms with Gasteiger partial charge in [0.25, 0.3) is 0 Å². The SMILES string of the molecule is c1csc(-c2n[nH]c3c2CSCC3)c1. The molecule has 2 aromatic rings. The zero-order valence-corrected chi connectivity index (χ0v) is 9.25. The molecule has 1 N–H and O–H groups in total. The van der Waals surface area contributed by atoms with Crippen LogP contribution >= 0.6 is 23.1 Å². The minimum absolute atomic E-state index is 1.11. The summed E-state index contributed by atoms with van der Waals surface area (Å²) in [5.41, 5.74) is 3.93. The Labute approximate surface area is 90.7 Å². The lowest BCUT2D eigenvalue weighted by molar-refractivity contribution is 0.966. The molecule has 0 radical (unpaired) electrons. The van der Waals surface area contributed by atoms with E-state index in [-0.39, 0.29) is 0 Å². The van der Waals surface area contributed by atoms with Crippen LogP contribution in [0.25, 0.3) is 10.6 Å². The molecule has 1 aliphatic rings. The van der Waals surface area contributed by atoms with Crippen molar-refractivity contribution < 1.29 is 0 Å². The van der Waals surface area contributed by atoms with Gasteiger partial charge in [0.05, 0.1) is 4.88 Å². The predicted octanol–water partition coefficient (Wildman–Crippen LogP) is 2.93. The molecule has 72 valence electrons. The summed E-state index contributed by atoms with van der Waals surface area (Å²) in [4.78, 5) is 1.28. The zero-order valence-electron chi connectivity index (χ0n) is 7.62. The molecule has 0 bridgehead atoms. The third-order valence-electron chi connectivity index (χ3n) is 2.45. The highest BCUT2D eigenvalue weighted by atomic mass is 32.2. The van der Waals surface area contributed by atoms with E-state index in [0.717, 1.165) is 12.2 Å². The summed E-state index contributed by atoms with van der Waals surface area (Å²) in [6, 6.07) is 4.22. The van der Waals surface area contributed by atoms with Gasteiger partial charge in [0, 0.05) is 17.0 Å². The van der Waals surface area contributed by atoms with E-state index in [1.807, 2.05) is 11.8 Å². The number of fused-ring (bicyclic) bond motifs is 1. The molecule has 4 heteroatoms. The molecule has 1 aliphatic heterocycles. The van der Waals surface area contributed by atoms with E-state index < -0.39 is 0 Å². The van der Waals surface area contributed by atoms with Crippen molar-refractivity contribution in [3.63, 3.8) is 0 Å². The number of aromatic amines is 1. The fraction of sp³-hybridized carbons (Fsp3) is 0.300. The maximum atomic E-state index is 4.41. The Morgan fingerprint density at radius 1 is 1.43 bits per heavy atom. The minimum atomic E-state index is 1.11. The first-order valence-corrected chi connectivity index (χ1v) is 6.66. The van der Waals surface area contributed by atoms with Crippen LogP contribution in [0.4, 0.5) is 0 Å². The van der Waals surface area contributed by atoms with E-state index in [2.05, 4.69) is 27.7 Å². The number of thioether (sulfide) groups is 1. The van der Waals surface area contributed by atoms with Crippen LogP contribution in [0.1, 0.15) is 11.3 Å². The van der Waals surface area contributed by atoms with Gasteiger partial charge in [-0.25, -0.2) is 0 Å². The Morgan fingerprint density at radius 2 is 2.43 bits per heavy atom. The standard InChI is InChI=1S/C10H10N2S2/c1-2-9(14-4-1)10-7-6-13-5-3-8(7)11-12-10/h1-2,4H,3,5-6H2,(H,11,12). The van der Waals surface area contributed by atoms with Crippen LogP contribution in [0.15, 0.2) is 17.5 Å². The molecule has 14 heavy (non-hydrogen) atoms. The number of nitrogens with one attached hydrogen (secondary N) is 1. The molecule has 0 aromatic carbocycles.